The van der Waals surface area contributed by atoms with E-state index in [4.69, 9.17) is 0 Å². The van der Waals surface area contributed by atoms with Crippen molar-refractivity contribution < 1.29 is 14.0 Å². The van der Waals surface area contributed by atoms with E-state index in [2.05, 4.69) is 21.2 Å². The summed E-state index contributed by atoms with van der Waals surface area (Å²) in [7, 11) is 0. The van der Waals surface area contributed by atoms with Gasteiger partial charge in [-0.25, -0.2) is 9.18 Å². The zero-order valence-corrected chi connectivity index (χ0v) is 13.6. The molecule has 1 aromatic heterocycles. The third-order valence-electron chi connectivity index (χ3n) is 3.12. The molecule has 0 radical (unpaired) electrons. The largest absolute Gasteiger partial charge is 0.329 e. The van der Waals surface area contributed by atoms with Gasteiger partial charge < -0.3 is 5.32 Å². The highest BCUT2D eigenvalue weighted by Crippen LogP contribution is 2.24. The van der Waals surface area contributed by atoms with Gasteiger partial charge in [0.05, 0.1) is 6.54 Å². The quantitative estimate of drug-likeness (QED) is 0.651. The highest BCUT2D eigenvalue weighted by atomic mass is 79.9. The lowest BCUT2D eigenvalue weighted by molar-refractivity contribution is -0.123. The fraction of sp³-hybridized carbons (Fsp3) is 0.0667. The summed E-state index contributed by atoms with van der Waals surface area (Å²) in [6.45, 7) is -0.0944. The summed E-state index contributed by atoms with van der Waals surface area (Å²) in [5, 5.41) is 4.40. The summed E-state index contributed by atoms with van der Waals surface area (Å²) >= 11 is 4.77. The minimum atomic E-state index is -0.546. The molecule has 0 saturated carbocycles. The van der Waals surface area contributed by atoms with Gasteiger partial charge in [0.2, 0.25) is 0 Å². The zero-order chi connectivity index (χ0) is 15.7. The Hall–Kier alpha value is -1.99. The standard InChI is InChI=1S/C15H10BrFN2O2S/c16-10-5-11(22-8-10)6-13-14(20)19(15(21)18-13)7-9-3-1-2-4-12(9)17/h1-6,8H,7H2,(H,18,21)/b13-6+. The van der Waals surface area contributed by atoms with E-state index in [9.17, 15) is 14.0 Å². The number of rotatable bonds is 3. The normalized spacial score (nSPS) is 16.5. The van der Waals surface area contributed by atoms with Gasteiger partial charge in [-0.1, -0.05) is 18.2 Å². The predicted octanol–water partition coefficient (Wildman–Crippen LogP) is 3.74. The molecule has 0 atom stereocenters. The maximum atomic E-state index is 13.7. The van der Waals surface area contributed by atoms with Crippen molar-refractivity contribution in [3.05, 3.63) is 62.1 Å². The van der Waals surface area contributed by atoms with Crippen LogP contribution in [0.2, 0.25) is 0 Å². The van der Waals surface area contributed by atoms with E-state index in [1.54, 1.807) is 24.3 Å². The molecular weight excluding hydrogens is 371 g/mol. The summed E-state index contributed by atoms with van der Waals surface area (Å²) in [5.41, 5.74) is 0.488. The summed E-state index contributed by atoms with van der Waals surface area (Å²) in [4.78, 5) is 26.0. The van der Waals surface area contributed by atoms with Gasteiger partial charge in [0.1, 0.15) is 11.5 Å². The van der Waals surface area contributed by atoms with Crippen LogP contribution in [0.4, 0.5) is 9.18 Å². The zero-order valence-electron chi connectivity index (χ0n) is 11.2. The molecule has 112 valence electrons. The SMILES string of the molecule is O=C1N/C(=C/c2cc(Br)cs2)C(=O)N1Cc1ccccc1F. The van der Waals surface area contributed by atoms with Crippen LogP contribution in [-0.4, -0.2) is 16.8 Å². The number of urea groups is 1. The van der Waals surface area contributed by atoms with Gasteiger partial charge in [0.25, 0.3) is 5.91 Å². The topological polar surface area (TPSA) is 49.4 Å². The first-order valence-corrected chi connectivity index (χ1v) is 8.04. The second kappa shape index (κ2) is 6.02. The first-order valence-electron chi connectivity index (χ1n) is 6.36. The van der Waals surface area contributed by atoms with Crippen molar-refractivity contribution in [2.45, 2.75) is 6.54 Å². The van der Waals surface area contributed by atoms with Crippen molar-refractivity contribution in [1.82, 2.24) is 10.2 Å². The Morgan fingerprint density at radius 3 is 2.77 bits per heavy atom. The molecule has 0 aliphatic carbocycles. The second-order valence-electron chi connectivity index (χ2n) is 4.64. The van der Waals surface area contributed by atoms with Crippen LogP contribution in [0.25, 0.3) is 6.08 Å². The Bertz CT molecular complexity index is 787. The van der Waals surface area contributed by atoms with Crippen LogP contribution in [0.15, 0.2) is 45.9 Å². The lowest BCUT2D eigenvalue weighted by atomic mass is 10.2. The van der Waals surface area contributed by atoms with E-state index in [-0.39, 0.29) is 12.2 Å². The van der Waals surface area contributed by atoms with Crippen LogP contribution in [0.5, 0.6) is 0 Å². The van der Waals surface area contributed by atoms with Gasteiger partial charge in [0, 0.05) is 20.3 Å². The molecule has 1 aromatic carbocycles. The Morgan fingerprint density at radius 2 is 2.09 bits per heavy atom. The highest BCUT2D eigenvalue weighted by molar-refractivity contribution is 9.10. The summed E-state index contributed by atoms with van der Waals surface area (Å²) in [6, 6.07) is 7.37. The summed E-state index contributed by atoms with van der Waals surface area (Å²) < 4.78 is 14.6. The minimum absolute atomic E-state index is 0.0944. The predicted molar refractivity (Wildman–Crippen MR) is 85.5 cm³/mol. The Kier molecular flexibility index (Phi) is 4.08. The lowest BCUT2D eigenvalue weighted by Gasteiger charge is -2.12. The molecule has 3 rings (SSSR count). The van der Waals surface area contributed by atoms with Crippen LogP contribution in [0, 0.1) is 5.82 Å². The minimum Gasteiger partial charge on any atom is -0.303 e. The molecule has 22 heavy (non-hydrogen) atoms. The van der Waals surface area contributed by atoms with Gasteiger partial charge in [-0.05, 0) is 34.1 Å². The number of benzene rings is 1. The maximum Gasteiger partial charge on any atom is 0.329 e. The van der Waals surface area contributed by atoms with Crippen molar-refractivity contribution in [3.8, 4) is 0 Å². The van der Waals surface area contributed by atoms with Gasteiger partial charge in [0.15, 0.2) is 0 Å². The van der Waals surface area contributed by atoms with Gasteiger partial charge in [-0.2, -0.15) is 0 Å². The van der Waals surface area contributed by atoms with E-state index in [0.29, 0.717) is 5.56 Å². The number of halogens is 2. The van der Waals surface area contributed by atoms with Gasteiger partial charge in [-0.15, -0.1) is 11.3 Å². The Morgan fingerprint density at radius 1 is 1.32 bits per heavy atom. The molecule has 2 aromatic rings. The summed E-state index contributed by atoms with van der Waals surface area (Å²) in [6.07, 6.45) is 1.61. The van der Waals surface area contributed by atoms with Crippen LogP contribution >= 0.6 is 27.3 Å². The number of hydrogen-bond acceptors (Lipinski definition) is 3. The first kappa shape index (κ1) is 14.9. The molecular formula is C15H10BrFN2O2S. The molecule has 2 heterocycles. The summed E-state index contributed by atoms with van der Waals surface area (Å²) in [5.74, 6) is -0.902. The number of nitrogens with zero attached hydrogens (tertiary/aromatic N) is 1. The fourth-order valence-electron chi connectivity index (χ4n) is 2.06. The molecule has 1 aliphatic rings. The smallest absolute Gasteiger partial charge is 0.303 e. The third-order valence-corrected chi connectivity index (χ3v) is 4.76. The lowest BCUT2D eigenvalue weighted by Crippen LogP contribution is -2.30. The molecule has 1 N–H and O–H groups in total. The van der Waals surface area contributed by atoms with Crippen molar-refractivity contribution in [1.29, 1.82) is 0 Å². The number of thiophene rings is 1. The van der Waals surface area contributed by atoms with Crippen molar-refractivity contribution in [3.63, 3.8) is 0 Å². The number of carbonyl (C=O) groups excluding carboxylic acids is 2. The number of nitrogens with one attached hydrogen (secondary N) is 1. The van der Waals surface area contributed by atoms with Crippen LogP contribution in [0.3, 0.4) is 0 Å². The second-order valence-corrected chi connectivity index (χ2v) is 6.50. The van der Waals surface area contributed by atoms with E-state index >= 15 is 0 Å². The fourth-order valence-corrected chi connectivity index (χ4v) is 3.43. The van der Waals surface area contributed by atoms with Crippen LogP contribution < -0.4 is 5.32 Å². The highest BCUT2D eigenvalue weighted by Gasteiger charge is 2.34. The first-order chi connectivity index (χ1) is 10.5. The molecule has 1 aliphatic heterocycles. The molecule has 4 nitrogen and oxygen atoms in total. The van der Waals surface area contributed by atoms with Crippen molar-refractivity contribution in [2.75, 3.05) is 0 Å². The van der Waals surface area contributed by atoms with Crippen LogP contribution in [0.1, 0.15) is 10.4 Å². The van der Waals surface area contributed by atoms with E-state index in [1.807, 2.05) is 11.4 Å². The van der Waals surface area contributed by atoms with Crippen molar-refractivity contribution in [2.24, 2.45) is 0 Å². The third kappa shape index (κ3) is 2.95. The molecule has 0 unspecified atom stereocenters. The van der Waals surface area contributed by atoms with Crippen LogP contribution in [-0.2, 0) is 11.3 Å². The molecule has 7 heteroatoms. The van der Waals surface area contributed by atoms with E-state index < -0.39 is 17.8 Å². The number of amides is 3. The number of imide groups is 1. The monoisotopic (exact) mass is 380 g/mol. The van der Waals surface area contributed by atoms with Gasteiger partial charge >= 0.3 is 6.03 Å². The molecule has 0 bridgehead atoms. The van der Waals surface area contributed by atoms with Crippen molar-refractivity contribution >= 4 is 45.3 Å². The molecule has 0 spiro atoms. The molecule has 1 saturated heterocycles. The average molecular weight is 381 g/mol. The van der Waals surface area contributed by atoms with E-state index in [0.717, 1.165) is 14.2 Å². The number of carbonyl (C=O) groups is 2. The Balaban J connectivity index is 1.83. The van der Waals surface area contributed by atoms with E-state index in [1.165, 1.54) is 17.4 Å². The number of hydrogen-bond donors (Lipinski definition) is 1. The molecule has 1 fully saturated rings. The Labute approximate surface area is 138 Å². The van der Waals surface area contributed by atoms with Gasteiger partial charge in [-0.3, -0.25) is 9.69 Å². The average Bonchev–Trinajstić information content (AvgIpc) is 3.00. The maximum absolute atomic E-state index is 13.7. The molecule has 3 amide bonds.